The van der Waals surface area contributed by atoms with E-state index in [1.807, 2.05) is 43.3 Å². The molecule has 0 spiro atoms. The molecule has 0 amide bonds. The van der Waals surface area contributed by atoms with Gasteiger partial charge in [-0.1, -0.05) is 30.3 Å². The van der Waals surface area contributed by atoms with Gasteiger partial charge in [0.05, 0.1) is 11.1 Å². The van der Waals surface area contributed by atoms with E-state index >= 15 is 0 Å². The van der Waals surface area contributed by atoms with Crippen molar-refractivity contribution in [2.24, 2.45) is 0 Å². The molecule has 174 valence electrons. The molecule has 1 aliphatic heterocycles. The standard InChI is InChI=1S/C24H20F6N2O/c1-15-9-20(17-5-3-2-4-6-17)21-14-32(7-8-33-22(21)31-15)13-16-10-18(23(25,26)27)12-19(11-16)24(28,29)30/h2-6,9-12H,7-8,13-14H2,1H3. The third-order valence-corrected chi connectivity index (χ3v) is 5.38. The number of halogens is 6. The Morgan fingerprint density at radius 2 is 1.55 bits per heavy atom. The number of nitrogens with zero attached hydrogens (tertiary/aromatic N) is 2. The first-order valence-electron chi connectivity index (χ1n) is 10.2. The van der Waals surface area contributed by atoms with Gasteiger partial charge in [0.15, 0.2) is 0 Å². The van der Waals surface area contributed by atoms with E-state index in [1.165, 1.54) is 0 Å². The minimum Gasteiger partial charge on any atom is -0.476 e. The molecule has 0 aliphatic carbocycles. The van der Waals surface area contributed by atoms with Crippen molar-refractivity contribution in [1.29, 1.82) is 0 Å². The van der Waals surface area contributed by atoms with Crippen molar-refractivity contribution < 1.29 is 31.1 Å². The maximum absolute atomic E-state index is 13.2. The molecular weight excluding hydrogens is 446 g/mol. The quantitative estimate of drug-likeness (QED) is 0.413. The number of hydrogen-bond donors (Lipinski definition) is 0. The van der Waals surface area contributed by atoms with Crippen LogP contribution in [0, 0.1) is 6.92 Å². The number of hydrogen-bond acceptors (Lipinski definition) is 3. The predicted molar refractivity (Wildman–Crippen MR) is 110 cm³/mol. The minimum atomic E-state index is -4.88. The highest BCUT2D eigenvalue weighted by Crippen LogP contribution is 2.37. The van der Waals surface area contributed by atoms with Gasteiger partial charge in [-0.15, -0.1) is 0 Å². The van der Waals surface area contributed by atoms with Gasteiger partial charge in [-0.2, -0.15) is 26.3 Å². The fourth-order valence-electron chi connectivity index (χ4n) is 3.90. The summed E-state index contributed by atoms with van der Waals surface area (Å²) in [5.41, 5.74) is 0.568. The summed E-state index contributed by atoms with van der Waals surface area (Å²) < 4.78 is 85.3. The van der Waals surface area contributed by atoms with Crippen molar-refractivity contribution in [1.82, 2.24) is 9.88 Å². The minimum absolute atomic E-state index is 0.0677. The van der Waals surface area contributed by atoms with Crippen molar-refractivity contribution in [3.05, 3.63) is 82.5 Å². The van der Waals surface area contributed by atoms with Crippen LogP contribution in [0.4, 0.5) is 26.3 Å². The number of benzene rings is 2. The molecule has 9 heteroatoms. The first-order chi connectivity index (χ1) is 15.5. The van der Waals surface area contributed by atoms with Crippen LogP contribution >= 0.6 is 0 Å². The van der Waals surface area contributed by atoms with Crippen LogP contribution in [0.25, 0.3) is 11.1 Å². The van der Waals surface area contributed by atoms with Gasteiger partial charge >= 0.3 is 12.4 Å². The van der Waals surface area contributed by atoms with E-state index in [0.717, 1.165) is 34.5 Å². The molecule has 33 heavy (non-hydrogen) atoms. The molecule has 3 nitrogen and oxygen atoms in total. The van der Waals surface area contributed by atoms with Crippen LogP contribution in [0.15, 0.2) is 54.6 Å². The molecule has 0 fully saturated rings. The molecular formula is C24H20F6N2O. The van der Waals surface area contributed by atoms with Gasteiger partial charge < -0.3 is 4.74 Å². The number of aromatic nitrogens is 1. The topological polar surface area (TPSA) is 25.4 Å². The van der Waals surface area contributed by atoms with E-state index in [0.29, 0.717) is 12.4 Å². The molecule has 0 bridgehead atoms. The van der Waals surface area contributed by atoms with Gasteiger partial charge in [0.1, 0.15) is 6.61 Å². The Balaban J connectivity index is 1.70. The summed E-state index contributed by atoms with van der Waals surface area (Å²) in [7, 11) is 0. The second kappa shape index (κ2) is 8.70. The van der Waals surface area contributed by atoms with E-state index in [4.69, 9.17) is 4.74 Å². The summed E-state index contributed by atoms with van der Waals surface area (Å²) in [6, 6.07) is 13.1. The summed E-state index contributed by atoms with van der Waals surface area (Å²) in [4.78, 5) is 6.22. The number of pyridine rings is 1. The van der Waals surface area contributed by atoms with Crippen LogP contribution in [-0.2, 0) is 25.4 Å². The van der Waals surface area contributed by atoms with Gasteiger partial charge in [-0.3, -0.25) is 4.90 Å². The normalized spacial score (nSPS) is 15.0. The summed E-state index contributed by atoms with van der Waals surface area (Å²) in [6.07, 6.45) is -9.77. The number of aryl methyl sites for hydroxylation is 1. The average Bonchev–Trinajstić information content (AvgIpc) is 2.94. The average molecular weight is 466 g/mol. The molecule has 0 atom stereocenters. The van der Waals surface area contributed by atoms with Crippen LogP contribution in [0.2, 0.25) is 0 Å². The molecule has 0 unspecified atom stereocenters. The monoisotopic (exact) mass is 466 g/mol. The van der Waals surface area contributed by atoms with Gasteiger partial charge in [0, 0.05) is 30.9 Å². The Morgan fingerprint density at radius 3 is 2.15 bits per heavy atom. The smallest absolute Gasteiger partial charge is 0.416 e. The highest BCUT2D eigenvalue weighted by molar-refractivity contribution is 5.69. The molecule has 4 rings (SSSR count). The van der Waals surface area contributed by atoms with Crippen LogP contribution in [-0.4, -0.2) is 23.0 Å². The molecule has 3 aromatic rings. The van der Waals surface area contributed by atoms with Gasteiger partial charge in [-0.05, 0) is 47.9 Å². The lowest BCUT2D eigenvalue weighted by atomic mass is 9.99. The zero-order valence-electron chi connectivity index (χ0n) is 17.6. The molecule has 2 aromatic carbocycles. The fraction of sp³-hybridized carbons (Fsp3) is 0.292. The maximum atomic E-state index is 13.2. The maximum Gasteiger partial charge on any atom is 0.416 e. The van der Waals surface area contributed by atoms with E-state index in [2.05, 4.69) is 4.98 Å². The van der Waals surface area contributed by atoms with Crippen molar-refractivity contribution >= 4 is 0 Å². The van der Waals surface area contributed by atoms with E-state index in [1.54, 1.807) is 4.90 Å². The van der Waals surface area contributed by atoms with Gasteiger partial charge in [0.25, 0.3) is 0 Å². The van der Waals surface area contributed by atoms with E-state index < -0.39 is 23.5 Å². The summed E-state index contributed by atoms with van der Waals surface area (Å²) in [5.74, 6) is 0.427. The highest BCUT2D eigenvalue weighted by atomic mass is 19.4. The van der Waals surface area contributed by atoms with Crippen molar-refractivity contribution in [3.63, 3.8) is 0 Å². The Kier molecular flexibility index (Phi) is 6.09. The second-order valence-electron chi connectivity index (χ2n) is 7.93. The van der Waals surface area contributed by atoms with Crippen molar-refractivity contribution in [3.8, 4) is 17.0 Å². The van der Waals surface area contributed by atoms with Crippen LogP contribution in [0.3, 0.4) is 0 Å². The third-order valence-electron chi connectivity index (χ3n) is 5.38. The molecule has 1 aliphatic rings. The first-order valence-corrected chi connectivity index (χ1v) is 10.2. The molecule has 2 heterocycles. The first kappa shape index (κ1) is 23.1. The summed E-state index contributed by atoms with van der Waals surface area (Å²) in [5, 5.41) is 0. The van der Waals surface area contributed by atoms with E-state index in [-0.39, 0.29) is 31.3 Å². The summed E-state index contributed by atoms with van der Waals surface area (Å²) >= 11 is 0. The number of rotatable bonds is 3. The highest BCUT2D eigenvalue weighted by Gasteiger charge is 2.37. The largest absolute Gasteiger partial charge is 0.476 e. The molecule has 0 N–H and O–H groups in total. The predicted octanol–water partition coefficient (Wildman–Crippen LogP) is 6.49. The van der Waals surface area contributed by atoms with Crippen LogP contribution < -0.4 is 4.74 Å². The third kappa shape index (κ3) is 5.30. The van der Waals surface area contributed by atoms with Crippen molar-refractivity contribution in [2.75, 3.05) is 13.2 Å². The summed E-state index contributed by atoms with van der Waals surface area (Å²) in [6.45, 7) is 2.53. The lowest BCUT2D eigenvalue weighted by Crippen LogP contribution is -2.26. The number of fused-ring (bicyclic) bond motifs is 1. The Bertz CT molecular complexity index is 1110. The van der Waals surface area contributed by atoms with Gasteiger partial charge in [0.2, 0.25) is 5.88 Å². The lowest BCUT2D eigenvalue weighted by molar-refractivity contribution is -0.143. The lowest BCUT2D eigenvalue weighted by Gasteiger charge is -2.22. The number of alkyl halides is 6. The second-order valence-corrected chi connectivity index (χ2v) is 7.93. The number of ether oxygens (including phenoxy) is 1. The molecule has 0 saturated heterocycles. The SMILES string of the molecule is Cc1cc(-c2ccccc2)c2c(n1)OCCN(Cc1cc(C(F)(F)F)cc(C(F)(F)F)c1)C2. The Hall–Kier alpha value is -3.07. The Labute approximate surface area is 186 Å². The molecule has 0 saturated carbocycles. The fourth-order valence-corrected chi connectivity index (χ4v) is 3.90. The van der Waals surface area contributed by atoms with Gasteiger partial charge in [-0.25, -0.2) is 4.98 Å². The van der Waals surface area contributed by atoms with Crippen molar-refractivity contribution in [2.45, 2.75) is 32.4 Å². The van der Waals surface area contributed by atoms with Crippen LogP contribution in [0.5, 0.6) is 5.88 Å². The zero-order chi connectivity index (χ0) is 23.8. The molecule has 0 radical (unpaired) electrons. The zero-order valence-corrected chi connectivity index (χ0v) is 17.6. The van der Waals surface area contributed by atoms with E-state index in [9.17, 15) is 26.3 Å². The molecule has 1 aromatic heterocycles. The Morgan fingerprint density at radius 1 is 0.909 bits per heavy atom. The van der Waals surface area contributed by atoms with Crippen LogP contribution in [0.1, 0.15) is 27.9 Å².